The van der Waals surface area contributed by atoms with Gasteiger partial charge in [-0.15, -0.1) is 0 Å². The number of hydrogen-bond donors (Lipinski definition) is 2. The van der Waals surface area contributed by atoms with Gasteiger partial charge in [0.1, 0.15) is 6.61 Å². The molecule has 0 heterocycles. The van der Waals surface area contributed by atoms with Crippen LogP contribution in [-0.4, -0.2) is 25.5 Å². The van der Waals surface area contributed by atoms with Gasteiger partial charge < -0.3 is 15.4 Å². The Morgan fingerprint density at radius 1 is 1.00 bits per heavy atom. The van der Waals surface area contributed by atoms with Crippen molar-refractivity contribution in [3.8, 4) is 0 Å². The largest absolute Gasteiger partial charge is 0.375 e. The molecule has 0 radical (unpaired) electrons. The Morgan fingerprint density at radius 3 is 2.28 bits per heavy atom. The molecule has 0 saturated carbocycles. The van der Waals surface area contributed by atoms with Crippen molar-refractivity contribution in [3.05, 3.63) is 59.1 Å². The van der Waals surface area contributed by atoms with Crippen molar-refractivity contribution < 1.29 is 14.3 Å². The first-order valence-electron chi connectivity index (χ1n) is 8.00. The normalized spacial score (nSPS) is 10.3. The maximum Gasteiger partial charge on any atom is 0.250 e. The third-order valence-electron chi connectivity index (χ3n) is 3.49. The van der Waals surface area contributed by atoms with Gasteiger partial charge in [0.05, 0.1) is 0 Å². The predicted octanol–water partition coefficient (Wildman–Crippen LogP) is 3.89. The lowest BCUT2D eigenvalue weighted by Gasteiger charge is -2.09. The third kappa shape index (κ3) is 6.95. The van der Waals surface area contributed by atoms with E-state index in [1.54, 1.807) is 24.3 Å². The summed E-state index contributed by atoms with van der Waals surface area (Å²) in [6, 6.07) is 14.6. The number of halogens is 1. The van der Waals surface area contributed by atoms with Crippen molar-refractivity contribution in [2.45, 2.75) is 19.3 Å². The highest BCUT2D eigenvalue weighted by molar-refractivity contribution is 6.30. The molecule has 0 unspecified atom stereocenters. The average molecular weight is 361 g/mol. The van der Waals surface area contributed by atoms with Crippen LogP contribution >= 0.6 is 11.6 Å². The minimum atomic E-state index is -0.242. The number of ether oxygens (including phenoxy) is 1. The summed E-state index contributed by atoms with van der Waals surface area (Å²) < 4.78 is 4.77. The van der Waals surface area contributed by atoms with Gasteiger partial charge in [-0.25, -0.2) is 0 Å². The Kier molecular flexibility index (Phi) is 7.44. The van der Waals surface area contributed by atoms with Gasteiger partial charge >= 0.3 is 0 Å². The quantitative estimate of drug-likeness (QED) is 0.750. The van der Waals surface area contributed by atoms with Crippen LogP contribution in [0.25, 0.3) is 0 Å². The van der Waals surface area contributed by atoms with E-state index in [0.717, 1.165) is 18.4 Å². The SMILES string of the molecule is COCC(=O)Nc1cccc(NC(=O)CCCc2ccc(Cl)cc2)c1. The second kappa shape index (κ2) is 9.81. The second-order valence-electron chi connectivity index (χ2n) is 5.59. The van der Waals surface area contributed by atoms with Crippen molar-refractivity contribution in [1.29, 1.82) is 0 Å². The standard InChI is InChI=1S/C19H21ClN2O3/c1-25-13-19(24)22-17-6-3-5-16(12-17)21-18(23)7-2-4-14-8-10-15(20)11-9-14/h3,5-6,8-12H,2,4,7,13H2,1H3,(H,21,23)(H,22,24). The van der Waals surface area contributed by atoms with Crippen molar-refractivity contribution in [2.24, 2.45) is 0 Å². The number of carbonyl (C=O) groups is 2. The van der Waals surface area contributed by atoms with E-state index in [4.69, 9.17) is 16.3 Å². The number of carbonyl (C=O) groups excluding carboxylic acids is 2. The summed E-state index contributed by atoms with van der Waals surface area (Å²) in [6.45, 7) is -0.0126. The van der Waals surface area contributed by atoms with E-state index in [1.807, 2.05) is 24.3 Å². The summed E-state index contributed by atoms with van der Waals surface area (Å²) in [4.78, 5) is 23.6. The Balaban J connectivity index is 1.79. The first kappa shape index (κ1) is 19.0. The number of benzene rings is 2. The van der Waals surface area contributed by atoms with Crippen molar-refractivity contribution >= 4 is 34.8 Å². The fraction of sp³-hybridized carbons (Fsp3) is 0.263. The highest BCUT2D eigenvalue weighted by atomic mass is 35.5. The zero-order valence-electron chi connectivity index (χ0n) is 14.0. The molecule has 132 valence electrons. The van der Waals surface area contributed by atoms with Crippen LogP contribution in [0, 0.1) is 0 Å². The maximum absolute atomic E-state index is 12.1. The molecule has 0 spiro atoms. The van der Waals surface area contributed by atoms with E-state index in [1.165, 1.54) is 7.11 Å². The summed E-state index contributed by atoms with van der Waals surface area (Å²) in [5, 5.41) is 6.25. The van der Waals surface area contributed by atoms with E-state index >= 15 is 0 Å². The number of aryl methyl sites for hydroxylation is 1. The molecule has 5 nitrogen and oxygen atoms in total. The van der Waals surface area contributed by atoms with Gasteiger partial charge in [0, 0.05) is 29.9 Å². The maximum atomic E-state index is 12.1. The first-order chi connectivity index (χ1) is 12.1. The molecule has 2 N–H and O–H groups in total. The molecule has 2 rings (SSSR count). The molecule has 0 bridgehead atoms. The van der Waals surface area contributed by atoms with E-state index in [9.17, 15) is 9.59 Å². The monoisotopic (exact) mass is 360 g/mol. The molecule has 0 aliphatic heterocycles. The lowest BCUT2D eigenvalue weighted by molar-refractivity contribution is -0.119. The van der Waals surface area contributed by atoms with Gasteiger partial charge in [0.25, 0.3) is 0 Å². The van der Waals surface area contributed by atoms with Crippen LogP contribution in [0.3, 0.4) is 0 Å². The fourth-order valence-electron chi connectivity index (χ4n) is 2.33. The summed E-state index contributed by atoms with van der Waals surface area (Å²) in [7, 11) is 1.46. The summed E-state index contributed by atoms with van der Waals surface area (Å²) in [6.07, 6.45) is 1.98. The van der Waals surface area contributed by atoms with Crippen LogP contribution < -0.4 is 10.6 Å². The molecule has 25 heavy (non-hydrogen) atoms. The number of rotatable bonds is 8. The third-order valence-corrected chi connectivity index (χ3v) is 3.74. The predicted molar refractivity (Wildman–Crippen MR) is 100.0 cm³/mol. The van der Waals surface area contributed by atoms with Crippen LogP contribution in [0.1, 0.15) is 18.4 Å². The molecular formula is C19H21ClN2O3. The fourth-order valence-corrected chi connectivity index (χ4v) is 2.46. The van der Waals surface area contributed by atoms with Crippen molar-refractivity contribution in [3.63, 3.8) is 0 Å². The summed E-state index contributed by atoms with van der Waals surface area (Å²) in [5.41, 5.74) is 2.41. The average Bonchev–Trinajstić information content (AvgIpc) is 2.57. The molecule has 0 aliphatic rings. The van der Waals surface area contributed by atoms with Crippen LogP contribution in [0.5, 0.6) is 0 Å². The molecule has 0 saturated heterocycles. The Labute approximate surface area is 152 Å². The smallest absolute Gasteiger partial charge is 0.250 e. The van der Waals surface area contributed by atoms with Crippen molar-refractivity contribution in [2.75, 3.05) is 24.4 Å². The molecule has 0 fully saturated rings. The van der Waals surface area contributed by atoms with Crippen LogP contribution in [-0.2, 0) is 20.7 Å². The molecule has 6 heteroatoms. The Hall–Kier alpha value is -2.37. The van der Waals surface area contributed by atoms with Crippen LogP contribution in [0.2, 0.25) is 5.02 Å². The highest BCUT2D eigenvalue weighted by Gasteiger charge is 2.05. The van der Waals surface area contributed by atoms with Crippen molar-refractivity contribution in [1.82, 2.24) is 0 Å². The lowest BCUT2D eigenvalue weighted by Crippen LogP contribution is -2.17. The molecule has 2 aromatic rings. The zero-order valence-corrected chi connectivity index (χ0v) is 14.8. The number of anilines is 2. The molecule has 0 aromatic heterocycles. The van der Waals surface area contributed by atoms with Gasteiger partial charge in [-0.1, -0.05) is 29.8 Å². The number of hydrogen-bond acceptors (Lipinski definition) is 3. The van der Waals surface area contributed by atoms with E-state index in [-0.39, 0.29) is 18.4 Å². The minimum absolute atomic E-state index is 0.0126. The lowest BCUT2D eigenvalue weighted by atomic mass is 10.1. The van der Waals surface area contributed by atoms with Crippen LogP contribution in [0.4, 0.5) is 11.4 Å². The number of amides is 2. The zero-order chi connectivity index (χ0) is 18.1. The number of methoxy groups -OCH3 is 1. The minimum Gasteiger partial charge on any atom is -0.375 e. The Morgan fingerprint density at radius 2 is 1.64 bits per heavy atom. The summed E-state index contributed by atoms with van der Waals surface area (Å²) in [5.74, 6) is -0.303. The molecular weight excluding hydrogens is 340 g/mol. The van der Waals surface area contributed by atoms with Gasteiger partial charge in [0.2, 0.25) is 11.8 Å². The molecule has 2 amide bonds. The van der Waals surface area contributed by atoms with E-state index in [2.05, 4.69) is 10.6 Å². The van der Waals surface area contributed by atoms with Gasteiger partial charge in [-0.2, -0.15) is 0 Å². The van der Waals surface area contributed by atoms with Gasteiger partial charge in [-0.3, -0.25) is 9.59 Å². The molecule has 0 atom stereocenters. The second-order valence-corrected chi connectivity index (χ2v) is 6.03. The molecule has 2 aromatic carbocycles. The topological polar surface area (TPSA) is 67.4 Å². The first-order valence-corrected chi connectivity index (χ1v) is 8.38. The van der Waals surface area contributed by atoms with Gasteiger partial charge in [0.15, 0.2) is 0 Å². The van der Waals surface area contributed by atoms with E-state index in [0.29, 0.717) is 22.8 Å². The van der Waals surface area contributed by atoms with Crippen LogP contribution in [0.15, 0.2) is 48.5 Å². The Bertz CT molecular complexity index is 717. The number of nitrogens with one attached hydrogen (secondary N) is 2. The highest BCUT2D eigenvalue weighted by Crippen LogP contribution is 2.16. The van der Waals surface area contributed by atoms with E-state index < -0.39 is 0 Å². The molecule has 0 aliphatic carbocycles. The van der Waals surface area contributed by atoms with Gasteiger partial charge in [-0.05, 0) is 48.7 Å². The summed E-state index contributed by atoms with van der Waals surface area (Å²) >= 11 is 5.85.